The molecule has 0 aliphatic rings. The quantitative estimate of drug-likeness (QED) is 0.362. The van der Waals surface area contributed by atoms with Gasteiger partial charge >= 0.3 is 0 Å². The molecule has 0 amide bonds. The van der Waals surface area contributed by atoms with E-state index in [0.717, 1.165) is 28.0 Å². The van der Waals surface area contributed by atoms with Crippen molar-refractivity contribution in [2.45, 2.75) is 6.54 Å². The summed E-state index contributed by atoms with van der Waals surface area (Å²) in [6.07, 6.45) is 0. The van der Waals surface area contributed by atoms with Crippen LogP contribution in [-0.4, -0.2) is 25.0 Å². The average molecular weight is 447 g/mol. The molecule has 0 bridgehead atoms. The van der Waals surface area contributed by atoms with Gasteiger partial charge in [0.2, 0.25) is 0 Å². The molecule has 0 atom stereocenters. The zero-order valence-corrected chi connectivity index (χ0v) is 16.6. The molecule has 3 N–H and O–H groups in total. The van der Waals surface area contributed by atoms with Gasteiger partial charge in [-0.05, 0) is 29.8 Å². The Morgan fingerprint density at radius 1 is 1.08 bits per heavy atom. The van der Waals surface area contributed by atoms with Crippen molar-refractivity contribution in [1.29, 1.82) is 0 Å². The molecule has 2 aromatic carbocycles. The number of aliphatic imine (C=N–C) groups is 1. The van der Waals surface area contributed by atoms with Gasteiger partial charge in [0.25, 0.3) is 0 Å². The molecule has 0 unspecified atom stereocenters. The van der Waals surface area contributed by atoms with Crippen LogP contribution < -0.4 is 16.0 Å². The van der Waals surface area contributed by atoms with Gasteiger partial charge in [-0.3, -0.25) is 0 Å². The van der Waals surface area contributed by atoms with E-state index in [4.69, 9.17) is 5.73 Å². The Hall–Kier alpha value is -2.35. The van der Waals surface area contributed by atoms with E-state index in [0.29, 0.717) is 12.5 Å². The lowest BCUT2D eigenvalue weighted by atomic mass is 10.1. The van der Waals surface area contributed by atoms with Crippen LogP contribution in [0.25, 0.3) is 10.9 Å². The fourth-order valence-electron chi connectivity index (χ4n) is 2.47. The molecule has 0 spiro atoms. The third kappa shape index (κ3) is 4.82. The summed E-state index contributed by atoms with van der Waals surface area (Å²) in [5.74, 6) is 1.31. The monoisotopic (exact) mass is 447 g/mol. The fourth-order valence-corrected chi connectivity index (χ4v) is 2.47. The van der Waals surface area contributed by atoms with Gasteiger partial charge in [-0.2, -0.15) is 0 Å². The number of hydrogen-bond donors (Lipinski definition) is 2. The fraction of sp³-hybridized carbons (Fsp3) is 0.158. The van der Waals surface area contributed by atoms with E-state index in [2.05, 4.69) is 27.4 Å². The summed E-state index contributed by atoms with van der Waals surface area (Å²) in [6.45, 7) is 0.496. The van der Waals surface area contributed by atoms with Crippen LogP contribution in [0.3, 0.4) is 0 Å². The number of pyridine rings is 1. The number of halogens is 1. The minimum Gasteiger partial charge on any atom is -0.370 e. The minimum absolute atomic E-state index is 0. The number of aromatic nitrogens is 1. The largest absolute Gasteiger partial charge is 0.370 e. The number of rotatable bonds is 4. The molecule has 0 aliphatic carbocycles. The summed E-state index contributed by atoms with van der Waals surface area (Å²) in [4.78, 5) is 11.1. The first-order valence-corrected chi connectivity index (χ1v) is 7.81. The van der Waals surface area contributed by atoms with E-state index in [1.807, 2.05) is 67.5 Å². The van der Waals surface area contributed by atoms with E-state index in [-0.39, 0.29) is 24.0 Å². The molecule has 1 aromatic heterocycles. The number of guanidine groups is 1. The maximum atomic E-state index is 6.01. The van der Waals surface area contributed by atoms with Gasteiger partial charge < -0.3 is 16.0 Å². The number of hydrogen-bond acceptors (Lipinski definition) is 3. The van der Waals surface area contributed by atoms with Crippen molar-refractivity contribution in [1.82, 2.24) is 4.98 Å². The number of nitrogens with one attached hydrogen (secondary N) is 1. The lowest BCUT2D eigenvalue weighted by Gasteiger charge is -2.14. The van der Waals surface area contributed by atoms with Crippen molar-refractivity contribution < 1.29 is 0 Å². The van der Waals surface area contributed by atoms with E-state index in [1.165, 1.54) is 0 Å². The first-order valence-electron chi connectivity index (χ1n) is 7.81. The van der Waals surface area contributed by atoms with Gasteiger partial charge in [-0.15, -0.1) is 24.0 Å². The second-order valence-corrected chi connectivity index (χ2v) is 5.74. The van der Waals surface area contributed by atoms with Crippen LogP contribution in [0.15, 0.2) is 65.7 Å². The van der Waals surface area contributed by atoms with Gasteiger partial charge in [0, 0.05) is 25.2 Å². The zero-order chi connectivity index (χ0) is 16.9. The molecule has 0 fully saturated rings. The average Bonchev–Trinajstić information content (AvgIpc) is 2.60. The highest BCUT2D eigenvalue weighted by atomic mass is 127. The van der Waals surface area contributed by atoms with Crippen LogP contribution in [0, 0.1) is 0 Å². The molecule has 3 aromatic rings. The Kier molecular flexibility index (Phi) is 6.58. The highest BCUT2D eigenvalue weighted by Gasteiger charge is 2.07. The SMILES string of the molecule is CN(C)c1cc(CN=C(N)Nc2ccccc2)c2ccccc2n1.I. The van der Waals surface area contributed by atoms with Crippen LogP contribution in [0.2, 0.25) is 0 Å². The maximum Gasteiger partial charge on any atom is 0.193 e. The maximum absolute atomic E-state index is 6.01. The number of nitrogens with two attached hydrogens (primary N) is 1. The number of nitrogens with zero attached hydrogens (tertiary/aromatic N) is 3. The van der Waals surface area contributed by atoms with Crippen LogP contribution in [0.5, 0.6) is 0 Å². The van der Waals surface area contributed by atoms with Gasteiger partial charge in [-0.25, -0.2) is 9.98 Å². The van der Waals surface area contributed by atoms with Crippen molar-refractivity contribution in [2.75, 3.05) is 24.3 Å². The molecule has 1 heterocycles. The van der Waals surface area contributed by atoms with Crippen LogP contribution >= 0.6 is 24.0 Å². The molecule has 3 rings (SSSR count). The Bertz CT molecular complexity index is 862. The van der Waals surface area contributed by atoms with Crippen molar-refractivity contribution in [2.24, 2.45) is 10.7 Å². The lowest BCUT2D eigenvalue weighted by molar-refractivity contribution is 1.04. The molecule has 0 saturated carbocycles. The second kappa shape index (κ2) is 8.66. The highest BCUT2D eigenvalue weighted by Crippen LogP contribution is 2.22. The number of benzene rings is 2. The van der Waals surface area contributed by atoms with Crippen LogP contribution in [0.1, 0.15) is 5.56 Å². The summed E-state index contributed by atoms with van der Waals surface area (Å²) < 4.78 is 0. The normalized spacial score (nSPS) is 11.0. The Labute approximate surface area is 165 Å². The van der Waals surface area contributed by atoms with Gasteiger partial charge in [0.15, 0.2) is 5.96 Å². The Balaban J connectivity index is 0.00000225. The summed E-state index contributed by atoms with van der Waals surface area (Å²) in [7, 11) is 3.96. The number of anilines is 2. The smallest absolute Gasteiger partial charge is 0.193 e. The number of fused-ring (bicyclic) bond motifs is 1. The van der Waals surface area contributed by atoms with E-state index < -0.39 is 0 Å². The third-order valence-electron chi connectivity index (χ3n) is 3.71. The van der Waals surface area contributed by atoms with Gasteiger partial charge in [0.1, 0.15) is 5.82 Å². The summed E-state index contributed by atoms with van der Waals surface area (Å²) >= 11 is 0. The Morgan fingerprint density at radius 3 is 2.48 bits per heavy atom. The molecular formula is C19H22IN5. The molecule has 0 saturated heterocycles. The molecule has 5 nitrogen and oxygen atoms in total. The van der Waals surface area contributed by atoms with E-state index in [1.54, 1.807) is 0 Å². The highest BCUT2D eigenvalue weighted by molar-refractivity contribution is 14.0. The Morgan fingerprint density at radius 2 is 1.76 bits per heavy atom. The molecule has 6 heteroatoms. The first-order chi connectivity index (χ1) is 11.6. The van der Waals surface area contributed by atoms with E-state index >= 15 is 0 Å². The topological polar surface area (TPSA) is 66.5 Å². The molecule has 0 radical (unpaired) electrons. The van der Waals surface area contributed by atoms with Crippen molar-refractivity contribution >= 4 is 52.3 Å². The van der Waals surface area contributed by atoms with Gasteiger partial charge in [0.05, 0.1) is 12.1 Å². The lowest BCUT2D eigenvalue weighted by Crippen LogP contribution is -2.22. The standard InChI is InChI=1S/C19H21N5.HI/c1-24(2)18-12-14(16-10-6-7-11-17(16)23-18)13-21-19(20)22-15-8-4-3-5-9-15;/h3-12H,13H2,1-2H3,(H3,20,21,22);1H. The predicted molar refractivity (Wildman–Crippen MR) is 117 cm³/mol. The van der Waals surface area contributed by atoms with Crippen LogP contribution in [-0.2, 0) is 6.54 Å². The summed E-state index contributed by atoms with van der Waals surface area (Å²) in [5, 5.41) is 4.20. The molecular weight excluding hydrogens is 425 g/mol. The zero-order valence-electron chi connectivity index (χ0n) is 14.3. The molecule has 130 valence electrons. The summed E-state index contributed by atoms with van der Waals surface area (Å²) in [5.41, 5.74) is 8.99. The van der Waals surface area contributed by atoms with Crippen molar-refractivity contribution in [3.8, 4) is 0 Å². The first kappa shape index (κ1) is 19.0. The van der Waals surface area contributed by atoms with Crippen molar-refractivity contribution in [3.63, 3.8) is 0 Å². The third-order valence-corrected chi connectivity index (χ3v) is 3.71. The molecule has 25 heavy (non-hydrogen) atoms. The second-order valence-electron chi connectivity index (χ2n) is 5.74. The molecule has 0 aliphatic heterocycles. The minimum atomic E-state index is 0. The van der Waals surface area contributed by atoms with Gasteiger partial charge in [-0.1, -0.05) is 36.4 Å². The van der Waals surface area contributed by atoms with E-state index in [9.17, 15) is 0 Å². The van der Waals surface area contributed by atoms with Crippen molar-refractivity contribution in [3.05, 3.63) is 66.2 Å². The number of para-hydroxylation sites is 2. The predicted octanol–water partition coefficient (Wildman–Crippen LogP) is 3.85. The summed E-state index contributed by atoms with van der Waals surface area (Å²) in [6, 6.07) is 19.9. The van der Waals surface area contributed by atoms with Crippen LogP contribution in [0.4, 0.5) is 11.5 Å².